The number of carboxylic acids is 1. The molecule has 0 aliphatic rings. The van der Waals surface area contributed by atoms with Gasteiger partial charge in [-0.1, -0.05) is 38.1 Å². The van der Waals surface area contributed by atoms with Crippen molar-refractivity contribution in [3.05, 3.63) is 35.4 Å². The first-order valence-corrected chi connectivity index (χ1v) is 6.43. The van der Waals surface area contributed by atoms with Crippen molar-refractivity contribution in [1.29, 1.82) is 0 Å². The van der Waals surface area contributed by atoms with Gasteiger partial charge in [-0.25, -0.2) is 0 Å². The lowest BCUT2D eigenvalue weighted by atomic mass is 9.74. The van der Waals surface area contributed by atoms with E-state index in [-0.39, 0.29) is 6.54 Å². The SMILES string of the molecule is Cc1ccccc1C(CN)(CCC(C)C)C(=O)O. The van der Waals surface area contributed by atoms with Gasteiger partial charge in [-0.3, -0.25) is 4.79 Å². The van der Waals surface area contributed by atoms with Crippen LogP contribution in [0.15, 0.2) is 24.3 Å². The highest BCUT2D eigenvalue weighted by Crippen LogP contribution is 2.32. The number of rotatable bonds is 6. The Labute approximate surface area is 109 Å². The Hall–Kier alpha value is -1.35. The van der Waals surface area contributed by atoms with Crippen LogP contribution in [-0.4, -0.2) is 17.6 Å². The first kappa shape index (κ1) is 14.7. The molecule has 100 valence electrons. The van der Waals surface area contributed by atoms with Crippen LogP contribution in [0.25, 0.3) is 0 Å². The normalized spacial score (nSPS) is 14.5. The molecular weight excluding hydrogens is 226 g/mol. The van der Waals surface area contributed by atoms with E-state index in [1.165, 1.54) is 0 Å². The zero-order chi connectivity index (χ0) is 13.8. The van der Waals surface area contributed by atoms with E-state index in [1.54, 1.807) is 0 Å². The number of hydrogen-bond acceptors (Lipinski definition) is 2. The standard InChI is InChI=1S/C15H23NO2/c1-11(2)8-9-15(10-16,14(17)18)13-7-5-4-6-12(13)3/h4-7,11H,8-10,16H2,1-3H3,(H,17,18). The zero-order valence-electron chi connectivity index (χ0n) is 11.4. The molecule has 3 nitrogen and oxygen atoms in total. The maximum absolute atomic E-state index is 11.7. The molecular formula is C15H23NO2. The second kappa shape index (κ2) is 6.01. The first-order chi connectivity index (χ1) is 8.44. The van der Waals surface area contributed by atoms with Crippen LogP contribution < -0.4 is 5.73 Å². The van der Waals surface area contributed by atoms with Crippen molar-refractivity contribution in [3.63, 3.8) is 0 Å². The van der Waals surface area contributed by atoms with Gasteiger partial charge in [0.1, 0.15) is 5.41 Å². The Bertz CT molecular complexity index is 415. The number of nitrogens with two attached hydrogens (primary N) is 1. The summed E-state index contributed by atoms with van der Waals surface area (Å²) in [6.07, 6.45) is 1.44. The maximum atomic E-state index is 11.7. The van der Waals surface area contributed by atoms with E-state index in [0.29, 0.717) is 12.3 Å². The minimum Gasteiger partial charge on any atom is -0.481 e. The summed E-state index contributed by atoms with van der Waals surface area (Å²) in [7, 11) is 0. The van der Waals surface area contributed by atoms with E-state index >= 15 is 0 Å². The maximum Gasteiger partial charge on any atom is 0.315 e. The van der Waals surface area contributed by atoms with Gasteiger partial charge in [0.15, 0.2) is 0 Å². The second-order valence-electron chi connectivity index (χ2n) is 5.34. The van der Waals surface area contributed by atoms with Gasteiger partial charge in [0.05, 0.1) is 0 Å². The van der Waals surface area contributed by atoms with E-state index in [2.05, 4.69) is 13.8 Å². The molecule has 0 fully saturated rings. The Balaban J connectivity index is 3.19. The number of benzene rings is 1. The molecule has 0 saturated heterocycles. The van der Waals surface area contributed by atoms with Gasteiger partial charge in [-0.05, 0) is 36.8 Å². The predicted octanol–water partition coefficient (Wildman–Crippen LogP) is 2.71. The lowest BCUT2D eigenvalue weighted by Gasteiger charge is -2.30. The van der Waals surface area contributed by atoms with E-state index < -0.39 is 11.4 Å². The molecule has 0 aliphatic heterocycles. The summed E-state index contributed by atoms with van der Waals surface area (Å²) in [5.41, 5.74) is 6.71. The van der Waals surface area contributed by atoms with Gasteiger partial charge < -0.3 is 10.8 Å². The predicted molar refractivity (Wildman–Crippen MR) is 73.6 cm³/mol. The van der Waals surface area contributed by atoms with Crippen molar-refractivity contribution >= 4 is 5.97 Å². The number of hydrogen-bond donors (Lipinski definition) is 2. The van der Waals surface area contributed by atoms with Crippen molar-refractivity contribution in [2.45, 2.75) is 39.0 Å². The topological polar surface area (TPSA) is 63.3 Å². The quantitative estimate of drug-likeness (QED) is 0.814. The minimum absolute atomic E-state index is 0.139. The molecule has 1 aromatic carbocycles. The van der Waals surface area contributed by atoms with Gasteiger partial charge in [0.2, 0.25) is 0 Å². The molecule has 1 atom stereocenters. The Morgan fingerprint density at radius 3 is 2.44 bits per heavy atom. The third-order valence-corrected chi connectivity index (χ3v) is 3.57. The summed E-state index contributed by atoms with van der Waals surface area (Å²) in [6, 6.07) is 7.63. The highest BCUT2D eigenvalue weighted by Gasteiger charge is 2.39. The highest BCUT2D eigenvalue weighted by molar-refractivity contribution is 5.82. The largest absolute Gasteiger partial charge is 0.481 e. The van der Waals surface area contributed by atoms with E-state index in [4.69, 9.17) is 5.73 Å². The van der Waals surface area contributed by atoms with Crippen LogP contribution in [0.1, 0.15) is 37.8 Å². The molecule has 3 N–H and O–H groups in total. The molecule has 18 heavy (non-hydrogen) atoms. The van der Waals surface area contributed by atoms with Gasteiger partial charge in [0, 0.05) is 6.54 Å². The fourth-order valence-corrected chi connectivity index (χ4v) is 2.30. The van der Waals surface area contributed by atoms with Crippen LogP contribution in [-0.2, 0) is 10.2 Å². The third-order valence-electron chi connectivity index (χ3n) is 3.57. The molecule has 0 heterocycles. The number of aliphatic carboxylic acids is 1. The molecule has 0 aliphatic carbocycles. The zero-order valence-corrected chi connectivity index (χ0v) is 11.4. The number of aryl methyl sites for hydroxylation is 1. The van der Waals surface area contributed by atoms with Crippen molar-refractivity contribution in [2.24, 2.45) is 11.7 Å². The van der Waals surface area contributed by atoms with E-state index in [9.17, 15) is 9.90 Å². The average Bonchev–Trinajstić information content (AvgIpc) is 2.31. The monoisotopic (exact) mass is 249 g/mol. The summed E-state index contributed by atoms with van der Waals surface area (Å²) in [6.45, 7) is 6.28. The van der Waals surface area contributed by atoms with E-state index in [1.807, 2.05) is 31.2 Å². The summed E-state index contributed by atoms with van der Waals surface area (Å²) >= 11 is 0. The van der Waals surface area contributed by atoms with Gasteiger partial charge in [-0.15, -0.1) is 0 Å². The molecule has 0 bridgehead atoms. The molecule has 3 heteroatoms. The van der Waals surface area contributed by atoms with Crippen LogP contribution >= 0.6 is 0 Å². The molecule has 0 aromatic heterocycles. The van der Waals surface area contributed by atoms with Crippen molar-refractivity contribution < 1.29 is 9.90 Å². The van der Waals surface area contributed by atoms with Crippen molar-refractivity contribution in [1.82, 2.24) is 0 Å². The van der Waals surface area contributed by atoms with Crippen LogP contribution in [0.2, 0.25) is 0 Å². The van der Waals surface area contributed by atoms with Crippen molar-refractivity contribution in [2.75, 3.05) is 6.54 Å². The number of carbonyl (C=O) groups is 1. The Morgan fingerprint density at radius 1 is 1.39 bits per heavy atom. The molecule has 0 spiro atoms. The summed E-state index contributed by atoms with van der Waals surface area (Å²) < 4.78 is 0. The first-order valence-electron chi connectivity index (χ1n) is 6.43. The fraction of sp³-hybridized carbons (Fsp3) is 0.533. The van der Waals surface area contributed by atoms with Gasteiger partial charge in [-0.2, -0.15) is 0 Å². The average molecular weight is 249 g/mol. The van der Waals surface area contributed by atoms with Crippen LogP contribution in [0.3, 0.4) is 0 Å². The third kappa shape index (κ3) is 2.91. The molecule has 0 saturated carbocycles. The van der Waals surface area contributed by atoms with Crippen LogP contribution in [0.5, 0.6) is 0 Å². The lowest BCUT2D eigenvalue weighted by molar-refractivity contribution is -0.144. The smallest absolute Gasteiger partial charge is 0.315 e. The van der Waals surface area contributed by atoms with E-state index in [0.717, 1.165) is 17.5 Å². The van der Waals surface area contributed by atoms with Crippen LogP contribution in [0, 0.1) is 12.8 Å². The molecule has 0 radical (unpaired) electrons. The number of carboxylic acid groups (broad SMARTS) is 1. The van der Waals surface area contributed by atoms with Gasteiger partial charge in [0.25, 0.3) is 0 Å². The van der Waals surface area contributed by atoms with Crippen molar-refractivity contribution in [3.8, 4) is 0 Å². The summed E-state index contributed by atoms with van der Waals surface area (Å²) in [5.74, 6) is -0.348. The Morgan fingerprint density at radius 2 is 2.00 bits per heavy atom. The fourth-order valence-electron chi connectivity index (χ4n) is 2.30. The van der Waals surface area contributed by atoms with Crippen LogP contribution in [0.4, 0.5) is 0 Å². The van der Waals surface area contributed by atoms with Gasteiger partial charge >= 0.3 is 5.97 Å². The lowest BCUT2D eigenvalue weighted by Crippen LogP contribution is -2.43. The molecule has 1 rings (SSSR count). The minimum atomic E-state index is -0.949. The second-order valence-corrected chi connectivity index (χ2v) is 5.34. The summed E-state index contributed by atoms with van der Waals surface area (Å²) in [4.78, 5) is 11.7. The molecule has 1 aromatic rings. The Kier molecular flexibility index (Phi) is 4.91. The molecule has 1 unspecified atom stereocenters. The molecule has 0 amide bonds. The summed E-state index contributed by atoms with van der Waals surface area (Å²) in [5, 5.41) is 9.63. The highest BCUT2D eigenvalue weighted by atomic mass is 16.4.